The Bertz CT molecular complexity index is 1690. The van der Waals surface area contributed by atoms with E-state index in [2.05, 4.69) is 10.3 Å². The molecule has 1 unspecified atom stereocenters. The number of amides is 4. The lowest BCUT2D eigenvalue weighted by Gasteiger charge is -2.29. The maximum Gasteiger partial charge on any atom is 0.418 e. The number of hydrogen-bond acceptors (Lipinski definition) is 8. The Morgan fingerprint density at radius 2 is 1.65 bits per heavy atom. The second-order valence-corrected chi connectivity index (χ2v) is 9.85. The Balaban J connectivity index is 1.41. The van der Waals surface area contributed by atoms with Crippen LogP contribution in [0.2, 0.25) is 0 Å². The SMILES string of the molecule is COC(=O)N(c1ccc(Oc2ccccc2)cc1)c1ccc2c(c1Oc1cccnc1)C(=O)N(C1CCC(=O)NC1=O)C2. The summed E-state index contributed by atoms with van der Waals surface area (Å²) in [4.78, 5) is 58.4. The minimum atomic E-state index is -0.818. The summed E-state index contributed by atoms with van der Waals surface area (Å²) in [6.45, 7) is 0.133. The number of rotatable bonds is 7. The van der Waals surface area contributed by atoms with Gasteiger partial charge in [0.05, 0.1) is 30.2 Å². The topological polar surface area (TPSA) is 127 Å². The van der Waals surface area contributed by atoms with E-state index in [0.29, 0.717) is 28.5 Å². The highest BCUT2D eigenvalue weighted by Gasteiger charge is 2.42. The summed E-state index contributed by atoms with van der Waals surface area (Å²) in [6.07, 6.45) is 2.68. The molecule has 0 bridgehead atoms. The van der Waals surface area contributed by atoms with Crippen molar-refractivity contribution in [2.45, 2.75) is 25.4 Å². The van der Waals surface area contributed by atoms with E-state index < -0.39 is 23.9 Å². The molecule has 4 aromatic rings. The largest absolute Gasteiger partial charge is 0.457 e. The van der Waals surface area contributed by atoms with E-state index in [1.165, 1.54) is 23.1 Å². The van der Waals surface area contributed by atoms with E-state index >= 15 is 0 Å². The van der Waals surface area contributed by atoms with Crippen molar-refractivity contribution >= 4 is 35.2 Å². The Morgan fingerprint density at radius 1 is 0.907 bits per heavy atom. The van der Waals surface area contributed by atoms with E-state index in [-0.39, 0.29) is 42.3 Å². The molecule has 1 aromatic heterocycles. The van der Waals surface area contributed by atoms with Gasteiger partial charge in [-0.3, -0.25) is 24.7 Å². The Morgan fingerprint density at radius 3 is 2.35 bits per heavy atom. The summed E-state index contributed by atoms with van der Waals surface area (Å²) >= 11 is 0. The number of anilines is 2. The van der Waals surface area contributed by atoms with Gasteiger partial charge in [-0.05, 0) is 66.6 Å². The standard InChI is InChI=1S/C32H26N4O7/c1-41-32(40)36(21-10-12-23(13-11-21)42-22-6-3-2-4-7-22)25-14-9-20-19-35(26-15-16-27(37)34-30(26)38)31(39)28(20)29(25)43-24-8-5-17-33-18-24/h2-14,17-18,26H,15-16,19H2,1H3,(H,34,37,38). The third kappa shape index (κ3) is 5.47. The Kier molecular flexibility index (Phi) is 7.44. The summed E-state index contributed by atoms with van der Waals surface area (Å²) in [7, 11) is 1.26. The summed E-state index contributed by atoms with van der Waals surface area (Å²) < 4.78 is 17.3. The molecule has 1 N–H and O–H groups in total. The number of hydrogen-bond donors (Lipinski definition) is 1. The van der Waals surface area contributed by atoms with Gasteiger partial charge < -0.3 is 19.1 Å². The van der Waals surface area contributed by atoms with Gasteiger partial charge in [0.25, 0.3) is 5.91 Å². The second-order valence-electron chi connectivity index (χ2n) is 9.85. The molecule has 0 spiro atoms. The molecule has 11 heteroatoms. The molecule has 3 aromatic carbocycles. The molecule has 4 amide bonds. The predicted octanol–water partition coefficient (Wildman–Crippen LogP) is 5.33. The average molecular weight is 579 g/mol. The van der Waals surface area contributed by atoms with Crippen LogP contribution in [0.1, 0.15) is 28.8 Å². The summed E-state index contributed by atoms with van der Waals surface area (Å²) in [6, 6.07) is 22.0. The van der Waals surface area contributed by atoms with Gasteiger partial charge in [0.1, 0.15) is 23.3 Å². The number of nitrogens with zero attached hydrogens (tertiary/aromatic N) is 3. The second kappa shape index (κ2) is 11.6. The summed E-state index contributed by atoms with van der Waals surface area (Å²) in [5.74, 6) is 0.284. The number of carbonyl (C=O) groups is 4. The normalized spacial score (nSPS) is 15.9. The number of ether oxygens (including phenoxy) is 3. The van der Waals surface area contributed by atoms with Crippen molar-refractivity contribution in [3.63, 3.8) is 0 Å². The van der Waals surface area contributed by atoms with E-state index in [1.54, 1.807) is 54.7 Å². The van der Waals surface area contributed by atoms with Crippen LogP contribution in [0.4, 0.5) is 16.2 Å². The van der Waals surface area contributed by atoms with Crippen LogP contribution in [0.25, 0.3) is 0 Å². The zero-order chi connectivity index (χ0) is 29.9. The van der Waals surface area contributed by atoms with Crippen molar-refractivity contribution < 1.29 is 33.4 Å². The fourth-order valence-electron chi connectivity index (χ4n) is 5.14. The molecule has 1 fully saturated rings. The van der Waals surface area contributed by atoms with Crippen LogP contribution in [-0.2, 0) is 20.9 Å². The molecule has 43 heavy (non-hydrogen) atoms. The smallest absolute Gasteiger partial charge is 0.418 e. The minimum Gasteiger partial charge on any atom is -0.457 e. The highest BCUT2D eigenvalue weighted by Crippen LogP contribution is 2.45. The molecular weight excluding hydrogens is 552 g/mol. The third-order valence-electron chi connectivity index (χ3n) is 7.15. The molecule has 2 aliphatic heterocycles. The first-order chi connectivity index (χ1) is 20.9. The van der Waals surface area contributed by atoms with E-state index in [4.69, 9.17) is 14.2 Å². The number of methoxy groups -OCH3 is 1. The van der Waals surface area contributed by atoms with Crippen LogP contribution in [0.5, 0.6) is 23.0 Å². The highest BCUT2D eigenvalue weighted by atomic mass is 16.5. The molecule has 0 radical (unpaired) electrons. The predicted molar refractivity (Wildman–Crippen MR) is 154 cm³/mol. The zero-order valence-corrected chi connectivity index (χ0v) is 23.1. The van der Waals surface area contributed by atoms with Gasteiger partial charge in [0, 0.05) is 19.2 Å². The number of fused-ring (bicyclic) bond motifs is 1. The van der Waals surface area contributed by atoms with Crippen molar-refractivity contribution in [3.05, 3.63) is 102 Å². The number of benzene rings is 3. The molecule has 11 nitrogen and oxygen atoms in total. The van der Waals surface area contributed by atoms with Crippen molar-refractivity contribution in [3.8, 4) is 23.0 Å². The van der Waals surface area contributed by atoms with Crippen LogP contribution in [0.3, 0.4) is 0 Å². The lowest BCUT2D eigenvalue weighted by Crippen LogP contribution is -2.52. The molecule has 0 aliphatic carbocycles. The number of aromatic nitrogens is 1. The lowest BCUT2D eigenvalue weighted by atomic mass is 10.0. The van der Waals surface area contributed by atoms with Gasteiger partial charge in [0.2, 0.25) is 11.8 Å². The monoisotopic (exact) mass is 578 g/mol. The number of para-hydroxylation sites is 1. The fraction of sp³-hybridized carbons (Fsp3) is 0.156. The van der Waals surface area contributed by atoms with E-state index in [9.17, 15) is 19.2 Å². The lowest BCUT2D eigenvalue weighted by molar-refractivity contribution is -0.136. The maximum absolute atomic E-state index is 13.9. The molecule has 6 rings (SSSR count). The van der Waals surface area contributed by atoms with Crippen molar-refractivity contribution in [2.24, 2.45) is 0 Å². The molecule has 216 valence electrons. The van der Waals surface area contributed by atoms with Gasteiger partial charge in [0.15, 0.2) is 5.75 Å². The van der Waals surface area contributed by atoms with Crippen LogP contribution in [0, 0.1) is 0 Å². The fourth-order valence-corrected chi connectivity index (χ4v) is 5.14. The zero-order valence-electron chi connectivity index (χ0n) is 23.1. The molecule has 3 heterocycles. The van der Waals surface area contributed by atoms with Gasteiger partial charge >= 0.3 is 6.09 Å². The molecular formula is C32H26N4O7. The molecule has 1 atom stereocenters. The summed E-state index contributed by atoms with van der Waals surface area (Å²) in [5, 5.41) is 2.31. The van der Waals surface area contributed by atoms with Crippen LogP contribution < -0.4 is 19.7 Å². The quantitative estimate of drug-likeness (QED) is 0.292. The van der Waals surface area contributed by atoms with Gasteiger partial charge in [-0.25, -0.2) is 9.69 Å². The number of carbonyl (C=O) groups excluding carboxylic acids is 4. The highest BCUT2D eigenvalue weighted by molar-refractivity contribution is 6.09. The average Bonchev–Trinajstić information content (AvgIpc) is 3.36. The van der Waals surface area contributed by atoms with Gasteiger partial charge in [-0.1, -0.05) is 24.3 Å². The minimum absolute atomic E-state index is 0.0975. The Labute approximate surface area is 246 Å². The number of imide groups is 1. The van der Waals surface area contributed by atoms with Gasteiger partial charge in [-0.15, -0.1) is 0 Å². The van der Waals surface area contributed by atoms with Crippen molar-refractivity contribution in [1.29, 1.82) is 0 Å². The molecule has 2 aliphatic rings. The molecule has 1 saturated heterocycles. The van der Waals surface area contributed by atoms with Crippen molar-refractivity contribution in [1.82, 2.24) is 15.2 Å². The number of piperidine rings is 1. The van der Waals surface area contributed by atoms with Crippen LogP contribution in [-0.4, -0.2) is 46.9 Å². The van der Waals surface area contributed by atoms with E-state index in [1.807, 2.05) is 30.3 Å². The molecule has 0 saturated carbocycles. The van der Waals surface area contributed by atoms with E-state index in [0.717, 1.165) is 0 Å². The number of nitrogens with one attached hydrogen (secondary N) is 1. The van der Waals surface area contributed by atoms with Gasteiger partial charge in [-0.2, -0.15) is 0 Å². The first kappa shape index (κ1) is 27.5. The maximum atomic E-state index is 13.9. The first-order valence-corrected chi connectivity index (χ1v) is 13.5. The first-order valence-electron chi connectivity index (χ1n) is 13.5. The third-order valence-corrected chi connectivity index (χ3v) is 7.15. The number of pyridine rings is 1. The summed E-state index contributed by atoms with van der Waals surface area (Å²) in [5.41, 5.74) is 1.47. The Hall–Kier alpha value is -5.71. The van der Waals surface area contributed by atoms with Crippen LogP contribution in [0.15, 0.2) is 91.3 Å². The van der Waals surface area contributed by atoms with Crippen molar-refractivity contribution in [2.75, 3.05) is 12.0 Å². The van der Waals surface area contributed by atoms with Crippen LogP contribution >= 0.6 is 0 Å².